The topological polar surface area (TPSA) is 43.7 Å². The van der Waals surface area contributed by atoms with Gasteiger partial charge < -0.3 is 10.0 Å². The molecule has 2 aliphatic carbocycles. The van der Waals surface area contributed by atoms with Crippen molar-refractivity contribution in [1.82, 2.24) is 4.90 Å². The Bertz CT molecular complexity index is 461. The zero-order valence-electron chi connectivity index (χ0n) is 10.9. The third-order valence-corrected chi connectivity index (χ3v) is 4.01. The number of hydrogen-bond donors (Lipinski definition) is 2. The minimum absolute atomic E-state index is 0.293. The zero-order valence-corrected chi connectivity index (χ0v) is 10.9. The Morgan fingerprint density at radius 3 is 2.53 bits per heavy atom. The molecule has 0 bridgehead atoms. The van der Waals surface area contributed by atoms with E-state index in [4.69, 9.17) is 0 Å². The van der Waals surface area contributed by atoms with Gasteiger partial charge in [-0.05, 0) is 54.8 Å². The van der Waals surface area contributed by atoms with Crippen LogP contribution in [-0.4, -0.2) is 34.7 Å². The summed E-state index contributed by atoms with van der Waals surface area (Å²) in [7, 11) is -1.60. The molecule has 0 aromatic heterocycles. The maximum Gasteiger partial charge on any atom is 0.488 e. The van der Waals surface area contributed by atoms with Crippen molar-refractivity contribution < 1.29 is 14.4 Å². The van der Waals surface area contributed by atoms with Crippen LogP contribution in [-0.2, 0) is 6.54 Å². The van der Waals surface area contributed by atoms with Crippen molar-refractivity contribution in [3.63, 3.8) is 0 Å². The summed E-state index contributed by atoms with van der Waals surface area (Å²) in [5, 5.41) is 18.7. The van der Waals surface area contributed by atoms with Crippen LogP contribution in [0, 0.1) is 11.7 Å². The Labute approximate surface area is 113 Å². The van der Waals surface area contributed by atoms with Gasteiger partial charge in [-0.1, -0.05) is 6.07 Å². The fourth-order valence-electron chi connectivity index (χ4n) is 2.58. The molecule has 2 aliphatic rings. The van der Waals surface area contributed by atoms with Crippen LogP contribution in [0.25, 0.3) is 0 Å². The summed E-state index contributed by atoms with van der Waals surface area (Å²) in [5.74, 6) is 0.385. The summed E-state index contributed by atoms with van der Waals surface area (Å²) >= 11 is 0. The van der Waals surface area contributed by atoms with E-state index >= 15 is 0 Å². The largest absolute Gasteiger partial charge is 0.488 e. The first-order valence-corrected chi connectivity index (χ1v) is 7.02. The smallest absolute Gasteiger partial charge is 0.423 e. The van der Waals surface area contributed by atoms with Crippen LogP contribution < -0.4 is 5.46 Å². The predicted molar refractivity (Wildman–Crippen MR) is 72.4 cm³/mol. The van der Waals surface area contributed by atoms with E-state index in [-0.39, 0.29) is 0 Å². The molecule has 3 nitrogen and oxygen atoms in total. The van der Waals surface area contributed by atoms with Gasteiger partial charge in [0, 0.05) is 19.1 Å². The van der Waals surface area contributed by atoms with Crippen LogP contribution in [0.2, 0.25) is 0 Å². The van der Waals surface area contributed by atoms with Crippen molar-refractivity contribution in [2.24, 2.45) is 5.92 Å². The molecule has 0 amide bonds. The van der Waals surface area contributed by atoms with Crippen LogP contribution in [0.4, 0.5) is 4.39 Å². The average Bonchev–Trinajstić information content (AvgIpc) is 3.24. The quantitative estimate of drug-likeness (QED) is 0.749. The zero-order chi connectivity index (χ0) is 13.4. The second kappa shape index (κ2) is 5.23. The van der Waals surface area contributed by atoms with Gasteiger partial charge >= 0.3 is 7.12 Å². The molecule has 102 valence electrons. The molecule has 2 N–H and O–H groups in total. The highest BCUT2D eigenvalue weighted by Crippen LogP contribution is 2.35. The molecule has 0 radical (unpaired) electrons. The lowest BCUT2D eigenvalue weighted by Gasteiger charge is -2.23. The SMILES string of the molecule is OB(O)c1cc(F)ccc1CN(CC1CC1)C1CC1. The van der Waals surface area contributed by atoms with Crippen molar-refractivity contribution in [3.05, 3.63) is 29.6 Å². The molecule has 0 unspecified atom stereocenters. The molecular formula is C14H19BFNO2. The molecule has 1 aromatic rings. The highest BCUT2D eigenvalue weighted by Gasteiger charge is 2.34. The number of nitrogens with zero attached hydrogens (tertiary/aromatic N) is 1. The first-order chi connectivity index (χ1) is 9.13. The van der Waals surface area contributed by atoms with Crippen LogP contribution in [0.5, 0.6) is 0 Å². The number of halogens is 1. The van der Waals surface area contributed by atoms with Gasteiger partial charge in [-0.15, -0.1) is 0 Å². The standard InChI is InChI=1S/C14H19BFNO2/c16-12-4-3-11(14(7-12)15(18)19)9-17(13-5-6-13)8-10-1-2-10/h3-4,7,10,13,18-19H,1-2,5-6,8-9H2. The van der Waals surface area contributed by atoms with Gasteiger partial charge in [0.25, 0.3) is 0 Å². The van der Waals surface area contributed by atoms with Crippen LogP contribution in [0.3, 0.4) is 0 Å². The molecule has 0 saturated heterocycles. The van der Waals surface area contributed by atoms with Crippen LogP contribution in [0.1, 0.15) is 31.2 Å². The molecular weight excluding hydrogens is 244 g/mol. The van der Waals surface area contributed by atoms with E-state index in [0.717, 1.165) is 18.0 Å². The first-order valence-electron chi connectivity index (χ1n) is 7.02. The lowest BCUT2D eigenvalue weighted by atomic mass is 9.77. The molecule has 5 heteroatoms. The number of hydrogen-bond acceptors (Lipinski definition) is 3. The van der Waals surface area contributed by atoms with E-state index in [1.165, 1.54) is 37.8 Å². The summed E-state index contributed by atoms with van der Waals surface area (Å²) < 4.78 is 13.2. The third kappa shape index (κ3) is 3.35. The van der Waals surface area contributed by atoms with Gasteiger partial charge in [0.05, 0.1) is 0 Å². The minimum Gasteiger partial charge on any atom is -0.423 e. The Kier molecular flexibility index (Phi) is 3.61. The summed E-state index contributed by atoms with van der Waals surface area (Å²) in [6.45, 7) is 1.78. The Morgan fingerprint density at radius 1 is 1.21 bits per heavy atom. The summed E-state index contributed by atoms with van der Waals surface area (Å²) in [6.07, 6.45) is 5.07. The fourth-order valence-corrected chi connectivity index (χ4v) is 2.58. The molecule has 0 spiro atoms. The van der Waals surface area contributed by atoms with Gasteiger partial charge in [0.2, 0.25) is 0 Å². The van der Waals surface area contributed by atoms with Crippen LogP contribution in [0.15, 0.2) is 18.2 Å². The van der Waals surface area contributed by atoms with Gasteiger partial charge in [0.1, 0.15) is 5.82 Å². The number of rotatable bonds is 6. The van der Waals surface area contributed by atoms with E-state index < -0.39 is 12.9 Å². The molecule has 0 heterocycles. The summed E-state index contributed by atoms with van der Waals surface area (Å²) in [4.78, 5) is 2.41. The second-order valence-corrected chi connectivity index (χ2v) is 5.82. The van der Waals surface area contributed by atoms with Gasteiger partial charge in [-0.3, -0.25) is 4.90 Å². The van der Waals surface area contributed by atoms with E-state index in [9.17, 15) is 14.4 Å². The molecule has 2 fully saturated rings. The highest BCUT2D eigenvalue weighted by molar-refractivity contribution is 6.59. The van der Waals surface area contributed by atoms with Gasteiger partial charge in [-0.25, -0.2) is 4.39 Å². The molecule has 3 rings (SSSR count). The normalized spacial score (nSPS) is 18.9. The predicted octanol–water partition coefficient (Wildman–Crippen LogP) is 0.880. The van der Waals surface area contributed by atoms with Crippen molar-refractivity contribution in [2.75, 3.05) is 6.54 Å². The fraction of sp³-hybridized carbons (Fsp3) is 0.571. The maximum atomic E-state index is 13.2. The van der Waals surface area contributed by atoms with E-state index in [0.29, 0.717) is 18.0 Å². The summed E-state index contributed by atoms with van der Waals surface area (Å²) in [5.41, 5.74) is 1.12. The van der Waals surface area contributed by atoms with Crippen molar-refractivity contribution in [1.29, 1.82) is 0 Å². The monoisotopic (exact) mass is 263 g/mol. The average molecular weight is 263 g/mol. The minimum atomic E-state index is -1.60. The number of benzene rings is 1. The highest BCUT2D eigenvalue weighted by atomic mass is 19.1. The first kappa shape index (κ1) is 13.1. The Morgan fingerprint density at radius 2 is 1.95 bits per heavy atom. The molecule has 0 aliphatic heterocycles. The maximum absolute atomic E-state index is 13.2. The summed E-state index contributed by atoms with van der Waals surface area (Å²) in [6, 6.07) is 4.92. The van der Waals surface area contributed by atoms with Crippen molar-refractivity contribution in [3.8, 4) is 0 Å². The molecule has 0 atom stereocenters. The van der Waals surface area contributed by atoms with Crippen molar-refractivity contribution >= 4 is 12.6 Å². The third-order valence-electron chi connectivity index (χ3n) is 4.01. The van der Waals surface area contributed by atoms with Gasteiger partial charge in [0.15, 0.2) is 0 Å². The Hall–Kier alpha value is -0.905. The van der Waals surface area contributed by atoms with E-state index in [2.05, 4.69) is 4.90 Å². The van der Waals surface area contributed by atoms with E-state index in [1.54, 1.807) is 6.07 Å². The van der Waals surface area contributed by atoms with Gasteiger partial charge in [-0.2, -0.15) is 0 Å². The molecule has 2 saturated carbocycles. The molecule has 19 heavy (non-hydrogen) atoms. The lowest BCUT2D eigenvalue weighted by Crippen LogP contribution is -2.37. The van der Waals surface area contributed by atoms with Crippen LogP contribution >= 0.6 is 0 Å². The van der Waals surface area contributed by atoms with E-state index in [1.807, 2.05) is 0 Å². The second-order valence-electron chi connectivity index (χ2n) is 5.82. The lowest BCUT2D eigenvalue weighted by molar-refractivity contribution is 0.244. The Balaban J connectivity index is 1.76. The van der Waals surface area contributed by atoms with Crippen molar-refractivity contribution in [2.45, 2.75) is 38.3 Å². The molecule has 1 aromatic carbocycles.